The fraction of sp³-hybridized carbons (Fsp3) is 0.381. The summed E-state index contributed by atoms with van der Waals surface area (Å²) < 4.78 is 15.4. The molecule has 0 amide bonds. The Labute approximate surface area is 158 Å². The third kappa shape index (κ3) is 3.70. The van der Waals surface area contributed by atoms with Gasteiger partial charge in [-0.1, -0.05) is 0 Å². The van der Waals surface area contributed by atoms with E-state index in [-0.39, 0.29) is 5.82 Å². The molecular weight excluding hydrogens is 341 g/mol. The molecule has 0 saturated carbocycles. The van der Waals surface area contributed by atoms with E-state index < -0.39 is 0 Å². The standard InChI is InChI=1S/C21H24FN5/c1-15(2)27-13-11-23-21(27)17-4-3-12-26(14-17)20-10-9-19(24-25-20)16-5-7-18(22)8-6-16/h5-11,13,15,17H,3-4,12,14H2,1-2H3/t17-/m0/s1. The van der Waals surface area contributed by atoms with Gasteiger partial charge in [0.15, 0.2) is 5.82 Å². The van der Waals surface area contributed by atoms with Crippen LogP contribution < -0.4 is 4.90 Å². The fourth-order valence-electron chi connectivity index (χ4n) is 3.74. The van der Waals surface area contributed by atoms with Crippen LogP contribution in [0.4, 0.5) is 10.2 Å². The minimum Gasteiger partial charge on any atom is -0.354 e. The van der Waals surface area contributed by atoms with Gasteiger partial charge in [0.05, 0.1) is 5.69 Å². The van der Waals surface area contributed by atoms with Gasteiger partial charge in [-0.25, -0.2) is 9.37 Å². The molecule has 0 bridgehead atoms. The average molecular weight is 365 g/mol. The number of hydrogen-bond donors (Lipinski definition) is 0. The Morgan fingerprint density at radius 3 is 2.59 bits per heavy atom. The van der Waals surface area contributed by atoms with Gasteiger partial charge in [0.2, 0.25) is 0 Å². The van der Waals surface area contributed by atoms with E-state index in [4.69, 9.17) is 0 Å². The lowest BCUT2D eigenvalue weighted by atomic mass is 9.97. The second-order valence-corrected chi connectivity index (χ2v) is 7.36. The van der Waals surface area contributed by atoms with Crippen LogP contribution in [0.5, 0.6) is 0 Å². The van der Waals surface area contributed by atoms with Gasteiger partial charge in [-0.05, 0) is 63.1 Å². The van der Waals surface area contributed by atoms with Crippen LogP contribution in [-0.2, 0) is 0 Å². The predicted octanol–water partition coefficient (Wildman–Crippen LogP) is 4.44. The molecule has 1 aromatic carbocycles. The SMILES string of the molecule is CC(C)n1ccnc1[C@H]1CCCN(c2ccc(-c3ccc(F)cc3)nn2)C1. The van der Waals surface area contributed by atoms with Crippen molar-refractivity contribution in [2.24, 2.45) is 0 Å². The second-order valence-electron chi connectivity index (χ2n) is 7.36. The van der Waals surface area contributed by atoms with E-state index in [9.17, 15) is 4.39 Å². The van der Waals surface area contributed by atoms with Gasteiger partial charge < -0.3 is 9.47 Å². The molecule has 3 aromatic rings. The molecule has 5 nitrogen and oxygen atoms in total. The summed E-state index contributed by atoms with van der Waals surface area (Å²) in [4.78, 5) is 6.91. The summed E-state index contributed by atoms with van der Waals surface area (Å²) >= 11 is 0. The van der Waals surface area contributed by atoms with E-state index >= 15 is 0 Å². The van der Waals surface area contributed by atoms with Gasteiger partial charge in [-0.15, -0.1) is 10.2 Å². The number of nitrogens with zero attached hydrogens (tertiary/aromatic N) is 5. The molecule has 2 aromatic heterocycles. The first-order chi connectivity index (χ1) is 13.1. The molecule has 1 aliphatic rings. The average Bonchev–Trinajstić information content (AvgIpc) is 3.19. The smallest absolute Gasteiger partial charge is 0.151 e. The van der Waals surface area contributed by atoms with Crippen LogP contribution in [0.2, 0.25) is 0 Å². The highest BCUT2D eigenvalue weighted by Crippen LogP contribution is 2.30. The molecule has 0 radical (unpaired) electrons. The zero-order valence-corrected chi connectivity index (χ0v) is 15.7. The van der Waals surface area contributed by atoms with E-state index in [1.54, 1.807) is 12.1 Å². The van der Waals surface area contributed by atoms with Gasteiger partial charge in [-0.2, -0.15) is 0 Å². The van der Waals surface area contributed by atoms with E-state index in [1.807, 2.05) is 18.3 Å². The maximum Gasteiger partial charge on any atom is 0.151 e. The molecule has 0 N–H and O–H groups in total. The van der Waals surface area contributed by atoms with E-state index in [0.717, 1.165) is 48.8 Å². The van der Waals surface area contributed by atoms with Crippen LogP contribution in [0.3, 0.4) is 0 Å². The number of imidazole rings is 1. The zero-order valence-electron chi connectivity index (χ0n) is 15.7. The maximum absolute atomic E-state index is 13.1. The lowest BCUT2D eigenvalue weighted by Gasteiger charge is -2.33. The van der Waals surface area contributed by atoms with E-state index in [1.165, 1.54) is 12.1 Å². The second kappa shape index (κ2) is 7.47. The molecule has 1 aliphatic heterocycles. The van der Waals surface area contributed by atoms with Gasteiger partial charge in [0.25, 0.3) is 0 Å². The van der Waals surface area contributed by atoms with Crippen LogP contribution in [0.15, 0.2) is 48.8 Å². The van der Waals surface area contributed by atoms with Crippen molar-refractivity contribution in [2.75, 3.05) is 18.0 Å². The largest absolute Gasteiger partial charge is 0.354 e. The Balaban J connectivity index is 1.51. The van der Waals surface area contributed by atoms with Crippen LogP contribution in [0, 0.1) is 5.82 Å². The van der Waals surface area contributed by atoms with Gasteiger partial charge in [0.1, 0.15) is 11.6 Å². The normalized spacial score (nSPS) is 17.5. The Hall–Kier alpha value is -2.76. The predicted molar refractivity (Wildman–Crippen MR) is 104 cm³/mol. The van der Waals surface area contributed by atoms with Crippen molar-refractivity contribution < 1.29 is 4.39 Å². The molecule has 27 heavy (non-hydrogen) atoms. The summed E-state index contributed by atoms with van der Waals surface area (Å²) in [5.41, 5.74) is 1.62. The molecule has 1 atom stereocenters. The van der Waals surface area contributed by atoms with Crippen LogP contribution in [0.25, 0.3) is 11.3 Å². The first-order valence-electron chi connectivity index (χ1n) is 9.49. The number of benzene rings is 1. The number of piperidine rings is 1. The molecule has 4 rings (SSSR count). The highest BCUT2D eigenvalue weighted by molar-refractivity contribution is 5.59. The zero-order chi connectivity index (χ0) is 18.8. The van der Waals surface area contributed by atoms with Gasteiger partial charge in [-0.3, -0.25) is 0 Å². The lowest BCUT2D eigenvalue weighted by Crippen LogP contribution is -2.36. The van der Waals surface area contributed by atoms with E-state index in [2.05, 4.69) is 44.7 Å². The van der Waals surface area contributed by atoms with Crippen LogP contribution >= 0.6 is 0 Å². The van der Waals surface area contributed by atoms with Crippen molar-refractivity contribution in [3.8, 4) is 11.3 Å². The number of aromatic nitrogens is 4. The van der Waals surface area contributed by atoms with Crippen molar-refractivity contribution in [1.29, 1.82) is 0 Å². The molecule has 0 aliphatic carbocycles. The minimum absolute atomic E-state index is 0.248. The molecule has 0 spiro atoms. The number of rotatable bonds is 4. The Bertz CT molecular complexity index is 886. The monoisotopic (exact) mass is 365 g/mol. The highest BCUT2D eigenvalue weighted by Gasteiger charge is 2.26. The highest BCUT2D eigenvalue weighted by atomic mass is 19.1. The number of anilines is 1. The molecule has 1 saturated heterocycles. The van der Waals surface area contributed by atoms with Crippen LogP contribution in [-0.4, -0.2) is 32.8 Å². The van der Waals surface area contributed by atoms with Crippen molar-refractivity contribution in [3.63, 3.8) is 0 Å². The first-order valence-corrected chi connectivity index (χ1v) is 9.49. The molecule has 1 fully saturated rings. The van der Waals surface area contributed by atoms with Crippen molar-refractivity contribution >= 4 is 5.82 Å². The van der Waals surface area contributed by atoms with Crippen molar-refractivity contribution in [3.05, 3.63) is 60.4 Å². The van der Waals surface area contributed by atoms with Gasteiger partial charge >= 0.3 is 0 Å². The van der Waals surface area contributed by atoms with E-state index in [0.29, 0.717) is 12.0 Å². The Morgan fingerprint density at radius 1 is 1.07 bits per heavy atom. The fourth-order valence-corrected chi connectivity index (χ4v) is 3.74. The first kappa shape index (κ1) is 17.6. The van der Waals surface area contributed by atoms with Gasteiger partial charge in [0, 0.05) is 43.0 Å². The summed E-state index contributed by atoms with van der Waals surface area (Å²) in [5, 5.41) is 8.78. The molecule has 6 heteroatoms. The summed E-state index contributed by atoms with van der Waals surface area (Å²) in [7, 11) is 0. The quantitative estimate of drug-likeness (QED) is 0.686. The Kier molecular flexibility index (Phi) is 4.88. The summed E-state index contributed by atoms with van der Waals surface area (Å²) in [6.45, 7) is 6.24. The van der Waals surface area contributed by atoms with Crippen molar-refractivity contribution in [1.82, 2.24) is 19.7 Å². The molecule has 140 valence electrons. The molecule has 3 heterocycles. The topological polar surface area (TPSA) is 46.8 Å². The third-order valence-electron chi connectivity index (χ3n) is 5.16. The molecular formula is C21H24FN5. The summed E-state index contributed by atoms with van der Waals surface area (Å²) in [5.74, 6) is 2.19. The third-order valence-corrected chi connectivity index (χ3v) is 5.16. The van der Waals surface area contributed by atoms with Crippen LogP contribution in [0.1, 0.15) is 44.5 Å². The van der Waals surface area contributed by atoms with Crippen molar-refractivity contribution in [2.45, 2.75) is 38.6 Å². The minimum atomic E-state index is -0.248. The maximum atomic E-state index is 13.1. The number of halogens is 1. The number of hydrogen-bond acceptors (Lipinski definition) is 4. The summed E-state index contributed by atoms with van der Waals surface area (Å²) in [6, 6.07) is 10.7. The Morgan fingerprint density at radius 2 is 1.89 bits per heavy atom. The lowest BCUT2D eigenvalue weighted by molar-refractivity contribution is 0.453. The molecule has 0 unspecified atom stereocenters. The summed E-state index contributed by atoms with van der Waals surface area (Å²) in [6.07, 6.45) is 6.21.